The van der Waals surface area contributed by atoms with Gasteiger partial charge in [-0.05, 0) is 47.5 Å². The molecule has 1 aliphatic rings. The van der Waals surface area contributed by atoms with E-state index in [1.165, 1.54) is 7.11 Å². The van der Waals surface area contributed by atoms with Crippen LogP contribution >= 0.6 is 0 Å². The molecule has 0 radical (unpaired) electrons. The Balaban J connectivity index is 1.60. The number of urea groups is 1. The molecule has 2 amide bonds. The van der Waals surface area contributed by atoms with Crippen LogP contribution in [0.3, 0.4) is 0 Å². The van der Waals surface area contributed by atoms with E-state index in [1.54, 1.807) is 16.8 Å². The van der Waals surface area contributed by atoms with Crippen LogP contribution in [0.25, 0.3) is 0 Å². The number of hydrogen-bond donors (Lipinski definition) is 0. The summed E-state index contributed by atoms with van der Waals surface area (Å²) in [5.41, 5.74) is 2.71. The minimum Gasteiger partial charge on any atom is -0.467 e. The summed E-state index contributed by atoms with van der Waals surface area (Å²) in [7, 11) is 3.05. The van der Waals surface area contributed by atoms with Crippen molar-refractivity contribution in [3.63, 3.8) is 0 Å². The summed E-state index contributed by atoms with van der Waals surface area (Å²) in [5, 5.41) is 0. The fraction of sp³-hybridized carbons (Fsp3) is 0.200. The molecule has 0 saturated heterocycles. The van der Waals surface area contributed by atoms with Gasteiger partial charge in [0, 0.05) is 25.7 Å². The molecule has 0 N–H and O–H groups in total. The number of benzene rings is 3. The highest BCUT2D eigenvalue weighted by Gasteiger charge is 2.37. The molecular formula is C25H24N2O4. The van der Waals surface area contributed by atoms with Crippen LogP contribution in [0.5, 0.6) is 11.5 Å². The SMILES string of the molecule is COC(=O)C1Cc2cc(Oc3ccccc3)ccc2CN1C(=O)N(C)c1ccccc1. The van der Waals surface area contributed by atoms with E-state index in [4.69, 9.17) is 9.47 Å². The van der Waals surface area contributed by atoms with Gasteiger partial charge >= 0.3 is 12.0 Å². The summed E-state index contributed by atoms with van der Waals surface area (Å²) < 4.78 is 10.9. The average Bonchev–Trinajstić information content (AvgIpc) is 2.83. The Labute approximate surface area is 181 Å². The molecule has 1 heterocycles. The zero-order chi connectivity index (χ0) is 21.8. The second-order valence-electron chi connectivity index (χ2n) is 7.39. The van der Waals surface area contributed by atoms with Crippen LogP contribution < -0.4 is 9.64 Å². The van der Waals surface area contributed by atoms with Gasteiger partial charge in [0.25, 0.3) is 0 Å². The molecule has 31 heavy (non-hydrogen) atoms. The number of para-hydroxylation sites is 2. The summed E-state index contributed by atoms with van der Waals surface area (Å²) in [6.45, 7) is 0.316. The van der Waals surface area contributed by atoms with Crippen LogP contribution in [0.4, 0.5) is 10.5 Å². The van der Waals surface area contributed by atoms with Crippen LogP contribution in [0.1, 0.15) is 11.1 Å². The van der Waals surface area contributed by atoms with Crippen LogP contribution in [0, 0.1) is 0 Å². The van der Waals surface area contributed by atoms with E-state index in [9.17, 15) is 9.59 Å². The maximum Gasteiger partial charge on any atom is 0.329 e. The number of methoxy groups -OCH3 is 1. The molecule has 6 nitrogen and oxygen atoms in total. The third-order valence-electron chi connectivity index (χ3n) is 5.44. The van der Waals surface area contributed by atoms with Crippen molar-refractivity contribution in [1.82, 2.24) is 4.90 Å². The fourth-order valence-corrected chi connectivity index (χ4v) is 3.75. The number of nitrogens with zero attached hydrogens (tertiary/aromatic N) is 2. The molecular weight excluding hydrogens is 392 g/mol. The standard InChI is InChI=1S/C25H24N2O4/c1-26(20-9-5-3-6-10-20)25(29)27-17-18-13-14-22(31-21-11-7-4-8-12-21)15-19(18)16-23(27)24(28)30-2/h3-15,23H,16-17H2,1-2H3. The highest BCUT2D eigenvalue weighted by atomic mass is 16.5. The summed E-state index contributed by atoms with van der Waals surface area (Å²) in [4.78, 5) is 28.9. The highest BCUT2D eigenvalue weighted by Crippen LogP contribution is 2.31. The van der Waals surface area contributed by atoms with Crippen LogP contribution in [-0.2, 0) is 22.5 Å². The first kappa shape index (κ1) is 20.5. The number of carbonyl (C=O) groups is 2. The van der Waals surface area contributed by atoms with E-state index >= 15 is 0 Å². The van der Waals surface area contributed by atoms with Crippen molar-refractivity contribution in [2.75, 3.05) is 19.1 Å². The molecule has 6 heteroatoms. The van der Waals surface area contributed by atoms with Gasteiger partial charge in [0.05, 0.1) is 7.11 Å². The van der Waals surface area contributed by atoms with Crippen molar-refractivity contribution in [3.8, 4) is 11.5 Å². The quantitative estimate of drug-likeness (QED) is 0.582. The Bertz CT molecular complexity index is 1070. The first-order valence-corrected chi connectivity index (χ1v) is 10.1. The third kappa shape index (κ3) is 4.38. The van der Waals surface area contributed by atoms with Gasteiger partial charge in [0.1, 0.15) is 17.5 Å². The Morgan fingerprint density at radius 2 is 1.58 bits per heavy atom. The van der Waals surface area contributed by atoms with E-state index in [0.717, 1.165) is 22.6 Å². The molecule has 0 aliphatic carbocycles. The lowest BCUT2D eigenvalue weighted by atomic mass is 9.93. The van der Waals surface area contributed by atoms with Gasteiger partial charge in [-0.15, -0.1) is 0 Å². The van der Waals surface area contributed by atoms with Gasteiger partial charge in [0.2, 0.25) is 0 Å². The zero-order valence-corrected chi connectivity index (χ0v) is 17.5. The van der Waals surface area contributed by atoms with E-state index in [-0.39, 0.29) is 6.03 Å². The molecule has 0 fully saturated rings. The molecule has 0 aromatic heterocycles. The minimum absolute atomic E-state index is 0.253. The van der Waals surface area contributed by atoms with Crippen molar-refractivity contribution in [3.05, 3.63) is 90.0 Å². The summed E-state index contributed by atoms with van der Waals surface area (Å²) >= 11 is 0. The number of fused-ring (bicyclic) bond motifs is 1. The summed E-state index contributed by atoms with van der Waals surface area (Å²) in [6, 6.07) is 23.7. The number of esters is 1. The summed E-state index contributed by atoms with van der Waals surface area (Å²) in [6.07, 6.45) is 0.363. The van der Waals surface area contributed by atoms with Crippen molar-refractivity contribution in [2.24, 2.45) is 0 Å². The van der Waals surface area contributed by atoms with Gasteiger partial charge in [-0.3, -0.25) is 4.90 Å². The minimum atomic E-state index is -0.705. The van der Waals surface area contributed by atoms with Gasteiger partial charge in [0.15, 0.2) is 0 Å². The number of ether oxygens (including phenoxy) is 2. The molecule has 4 rings (SSSR count). The molecule has 3 aromatic rings. The molecule has 158 valence electrons. The number of carbonyl (C=O) groups excluding carboxylic acids is 2. The molecule has 0 bridgehead atoms. The second kappa shape index (κ2) is 8.92. The number of anilines is 1. The van der Waals surface area contributed by atoms with Gasteiger partial charge < -0.3 is 14.4 Å². The van der Waals surface area contributed by atoms with Crippen LogP contribution in [0.15, 0.2) is 78.9 Å². The topological polar surface area (TPSA) is 59.1 Å². The lowest BCUT2D eigenvalue weighted by Gasteiger charge is -2.37. The van der Waals surface area contributed by atoms with Gasteiger partial charge in [-0.2, -0.15) is 0 Å². The Kier molecular flexibility index (Phi) is 5.89. The van der Waals surface area contributed by atoms with Crippen molar-refractivity contribution in [1.29, 1.82) is 0 Å². The monoisotopic (exact) mass is 416 g/mol. The first-order chi connectivity index (χ1) is 15.1. The largest absolute Gasteiger partial charge is 0.467 e. The van der Waals surface area contributed by atoms with E-state index in [0.29, 0.717) is 18.7 Å². The lowest BCUT2D eigenvalue weighted by Crippen LogP contribution is -2.53. The van der Waals surface area contributed by atoms with Gasteiger partial charge in [-0.1, -0.05) is 42.5 Å². The van der Waals surface area contributed by atoms with Crippen molar-refractivity contribution < 1.29 is 19.1 Å². The Morgan fingerprint density at radius 1 is 0.903 bits per heavy atom. The van der Waals surface area contributed by atoms with E-state index < -0.39 is 12.0 Å². The molecule has 1 atom stereocenters. The third-order valence-corrected chi connectivity index (χ3v) is 5.44. The van der Waals surface area contributed by atoms with Crippen LogP contribution in [-0.4, -0.2) is 37.1 Å². The van der Waals surface area contributed by atoms with E-state index in [2.05, 4.69) is 0 Å². The molecule has 3 aromatic carbocycles. The normalized spacial score (nSPS) is 15.0. The Morgan fingerprint density at radius 3 is 2.26 bits per heavy atom. The molecule has 0 saturated carbocycles. The molecule has 0 spiro atoms. The fourth-order valence-electron chi connectivity index (χ4n) is 3.75. The van der Waals surface area contributed by atoms with Crippen LogP contribution in [0.2, 0.25) is 0 Å². The second-order valence-corrected chi connectivity index (χ2v) is 7.39. The average molecular weight is 416 g/mol. The lowest BCUT2D eigenvalue weighted by molar-refractivity contribution is -0.146. The van der Waals surface area contributed by atoms with Crippen molar-refractivity contribution in [2.45, 2.75) is 19.0 Å². The zero-order valence-electron chi connectivity index (χ0n) is 17.5. The number of hydrogen-bond acceptors (Lipinski definition) is 4. The number of amides is 2. The summed E-state index contributed by atoms with van der Waals surface area (Å²) in [5.74, 6) is 0.994. The number of rotatable bonds is 4. The maximum absolute atomic E-state index is 13.3. The highest BCUT2D eigenvalue weighted by molar-refractivity contribution is 5.94. The predicted molar refractivity (Wildman–Crippen MR) is 118 cm³/mol. The smallest absolute Gasteiger partial charge is 0.329 e. The maximum atomic E-state index is 13.3. The molecule has 1 aliphatic heterocycles. The molecule has 1 unspecified atom stereocenters. The van der Waals surface area contributed by atoms with E-state index in [1.807, 2.05) is 78.9 Å². The Hall–Kier alpha value is -3.80. The van der Waals surface area contributed by atoms with Gasteiger partial charge in [-0.25, -0.2) is 9.59 Å². The van der Waals surface area contributed by atoms with Crippen molar-refractivity contribution >= 4 is 17.7 Å². The first-order valence-electron chi connectivity index (χ1n) is 10.1. The predicted octanol–water partition coefficient (Wildman–Crippen LogP) is 4.64.